The van der Waals surface area contributed by atoms with E-state index >= 15 is 0 Å². The fraction of sp³-hybridized carbons (Fsp3) is 0.364. The van der Waals surface area contributed by atoms with E-state index in [1.54, 1.807) is 18.2 Å². The number of carbonyl (C=O) groups is 1. The minimum atomic E-state index is -1.02. The number of nitrogens with two attached hydrogens (primary N) is 1. The third kappa shape index (κ3) is 3.43. The van der Waals surface area contributed by atoms with Gasteiger partial charge in [-0.2, -0.15) is 0 Å². The number of rotatable bonds is 6. The number of carboxylic acids is 1. The average Bonchev–Trinajstić information content (AvgIpc) is 2.27. The van der Waals surface area contributed by atoms with Gasteiger partial charge in [-0.05, 0) is 24.6 Å². The van der Waals surface area contributed by atoms with Gasteiger partial charge >= 0.3 is 5.97 Å². The van der Waals surface area contributed by atoms with Crippen LogP contribution in [0.2, 0.25) is 0 Å². The van der Waals surface area contributed by atoms with Gasteiger partial charge in [0.15, 0.2) is 18.1 Å². The van der Waals surface area contributed by atoms with Crippen LogP contribution in [0.1, 0.15) is 12.5 Å². The van der Waals surface area contributed by atoms with E-state index in [1.807, 2.05) is 6.92 Å². The van der Waals surface area contributed by atoms with Crippen LogP contribution in [0.15, 0.2) is 18.2 Å². The Hall–Kier alpha value is -1.75. The molecule has 0 aromatic heterocycles. The normalized spacial score (nSPS) is 9.88. The van der Waals surface area contributed by atoms with Gasteiger partial charge < -0.3 is 20.3 Å². The molecule has 0 bridgehead atoms. The Labute approximate surface area is 93.8 Å². The lowest BCUT2D eigenvalue weighted by atomic mass is 10.2. The van der Waals surface area contributed by atoms with Gasteiger partial charge in [-0.15, -0.1) is 0 Å². The summed E-state index contributed by atoms with van der Waals surface area (Å²) in [7, 11) is 0. The lowest BCUT2D eigenvalue weighted by Crippen LogP contribution is -2.10. The molecule has 0 amide bonds. The number of aliphatic carboxylic acids is 1. The Morgan fingerprint density at radius 1 is 1.38 bits per heavy atom. The molecule has 3 N–H and O–H groups in total. The molecular weight excluding hydrogens is 210 g/mol. The molecular formula is C11H15NO4. The van der Waals surface area contributed by atoms with E-state index in [-0.39, 0.29) is 6.61 Å². The topological polar surface area (TPSA) is 81.8 Å². The predicted octanol–water partition coefficient (Wildman–Crippen LogP) is 1.01. The number of benzene rings is 1. The maximum absolute atomic E-state index is 10.4. The largest absolute Gasteiger partial charge is 0.490 e. The first-order chi connectivity index (χ1) is 7.67. The number of carboxylic acid groups (broad SMARTS) is 1. The SMILES string of the molecule is CCOc1cc(CN)ccc1OCC(=O)O. The van der Waals surface area contributed by atoms with Gasteiger partial charge in [0.25, 0.3) is 0 Å². The van der Waals surface area contributed by atoms with Crippen LogP contribution in [-0.4, -0.2) is 24.3 Å². The van der Waals surface area contributed by atoms with E-state index in [2.05, 4.69) is 0 Å². The van der Waals surface area contributed by atoms with Crippen molar-refractivity contribution in [1.82, 2.24) is 0 Å². The van der Waals surface area contributed by atoms with Crippen molar-refractivity contribution < 1.29 is 19.4 Å². The monoisotopic (exact) mass is 225 g/mol. The van der Waals surface area contributed by atoms with Gasteiger partial charge in [-0.25, -0.2) is 4.79 Å². The molecule has 1 rings (SSSR count). The molecule has 16 heavy (non-hydrogen) atoms. The molecule has 0 aliphatic heterocycles. The van der Waals surface area contributed by atoms with Crippen molar-refractivity contribution in [2.45, 2.75) is 13.5 Å². The molecule has 5 heteroatoms. The molecule has 88 valence electrons. The van der Waals surface area contributed by atoms with Crippen molar-refractivity contribution >= 4 is 5.97 Å². The zero-order valence-electron chi connectivity index (χ0n) is 9.10. The van der Waals surface area contributed by atoms with E-state index < -0.39 is 5.97 Å². The van der Waals surface area contributed by atoms with Crippen LogP contribution in [-0.2, 0) is 11.3 Å². The lowest BCUT2D eigenvalue weighted by Gasteiger charge is -2.11. The molecule has 0 spiro atoms. The molecule has 0 saturated carbocycles. The molecule has 0 atom stereocenters. The standard InChI is InChI=1S/C11H15NO4/c1-2-15-10-5-8(6-12)3-4-9(10)16-7-11(13)14/h3-5H,2,6-7,12H2,1H3,(H,13,14). The quantitative estimate of drug-likeness (QED) is 0.755. The van der Waals surface area contributed by atoms with Gasteiger partial charge in [-0.1, -0.05) is 6.07 Å². The van der Waals surface area contributed by atoms with E-state index in [9.17, 15) is 4.79 Å². The van der Waals surface area contributed by atoms with Crippen LogP contribution in [0.5, 0.6) is 11.5 Å². The molecule has 0 unspecified atom stereocenters. The maximum atomic E-state index is 10.4. The Balaban J connectivity index is 2.84. The third-order valence-electron chi connectivity index (χ3n) is 1.89. The molecule has 1 aromatic rings. The molecule has 0 fully saturated rings. The van der Waals surface area contributed by atoms with Crippen molar-refractivity contribution in [3.05, 3.63) is 23.8 Å². The highest BCUT2D eigenvalue weighted by molar-refractivity contribution is 5.68. The zero-order chi connectivity index (χ0) is 12.0. The molecule has 5 nitrogen and oxygen atoms in total. The van der Waals surface area contributed by atoms with Gasteiger partial charge in [0, 0.05) is 6.54 Å². The summed E-state index contributed by atoms with van der Waals surface area (Å²) in [5, 5.41) is 8.51. The molecule has 0 aliphatic rings. The smallest absolute Gasteiger partial charge is 0.341 e. The third-order valence-corrected chi connectivity index (χ3v) is 1.89. The summed E-state index contributed by atoms with van der Waals surface area (Å²) in [5.41, 5.74) is 6.41. The summed E-state index contributed by atoms with van der Waals surface area (Å²) < 4.78 is 10.4. The minimum Gasteiger partial charge on any atom is -0.490 e. The maximum Gasteiger partial charge on any atom is 0.341 e. The Morgan fingerprint density at radius 3 is 2.69 bits per heavy atom. The van der Waals surface area contributed by atoms with Crippen molar-refractivity contribution in [3.63, 3.8) is 0 Å². The highest BCUT2D eigenvalue weighted by Crippen LogP contribution is 2.28. The summed E-state index contributed by atoms with van der Waals surface area (Å²) >= 11 is 0. The second-order valence-corrected chi connectivity index (χ2v) is 3.10. The van der Waals surface area contributed by atoms with Crippen molar-refractivity contribution in [2.24, 2.45) is 5.73 Å². The Morgan fingerprint density at radius 2 is 2.12 bits per heavy atom. The Bertz CT molecular complexity index is 365. The molecule has 0 aliphatic carbocycles. The van der Waals surface area contributed by atoms with E-state index in [4.69, 9.17) is 20.3 Å². The molecule has 1 aromatic carbocycles. The minimum absolute atomic E-state index is 0.387. The highest BCUT2D eigenvalue weighted by Gasteiger charge is 2.07. The second kappa shape index (κ2) is 5.97. The number of hydrogen-bond donors (Lipinski definition) is 2. The first-order valence-electron chi connectivity index (χ1n) is 4.97. The van der Waals surface area contributed by atoms with Crippen molar-refractivity contribution in [3.8, 4) is 11.5 Å². The van der Waals surface area contributed by atoms with Crippen LogP contribution >= 0.6 is 0 Å². The van der Waals surface area contributed by atoms with Gasteiger partial charge in [0.1, 0.15) is 0 Å². The average molecular weight is 225 g/mol. The first-order valence-corrected chi connectivity index (χ1v) is 4.97. The fourth-order valence-electron chi connectivity index (χ4n) is 1.21. The fourth-order valence-corrected chi connectivity index (χ4v) is 1.21. The van der Waals surface area contributed by atoms with Crippen LogP contribution in [0.3, 0.4) is 0 Å². The van der Waals surface area contributed by atoms with Crippen LogP contribution in [0, 0.1) is 0 Å². The molecule has 0 radical (unpaired) electrons. The second-order valence-electron chi connectivity index (χ2n) is 3.10. The summed E-state index contributed by atoms with van der Waals surface area (Å²) in [6.07, 6.45) is 0. The van der Waals surface area contributed by atoms with Crippen LogP contribution in [0.25, 0.3) is 0 Å². The zero-order valence-corrected chi connectivity index (χ0v) is 9.10. The van der Waals surface area contributed by atoms with E-state index in [1.165, 1.54) is 0 Å². The molecule has 0 heterocycles. The summed E-state index contributed by atoms with van der Waals surface area (Å²) in [6, 6.07) is 5.19. The Kier molecular flexibility index (Phi) is 4.60. The number of ether oxygens (including phenoxy) is 2. The highest BCUT2D eigenvalue weighted by atomic mass is 16.5. The summed E-state index contributed by atoms with van der Waals surface area (Å²) in [6.45, 7) is 2.34. The number of hydrogen-bond acceptors (Lipinski definition) is 4. The van der Waals surface area contributed by atoms with Crippen molar-refractivity contribution in [2.75, 3.05) is 13.2 Å². The van der Waals surface area contributed by atoms with E-state index in [0.717, 1.165) is 5.56 Å². The van der Waals surface area contributed by atoms with Gasteiger partial charge in [-0.3, -0.25) is 0 Å². The van der Waals surface area contributed by atoms with Crippen molar-refractivity contribution in [1.29, 1.82) is 0 Å². The molecule has 0 saturated heterocycles. The summed E-state index contributed by atoms with van der Waals surface area (Å²) in [5.74, 6) is -0.0847. The lowest BCUT2D eigenvalue weighted by molar-refractivity contribution is -0.139. The summed E-state index contributed by atoms with van der Waals surface area (Å²) in [4.78, 5) is 10.4. The van der Waals surface area contributed by atoms with Gasteiger partial charge in [0.2, 0.25) is 0 Å². The van der Waals surface area contributed by atoms with Gasteiger partial charge in [0.05, 0.1) is 6.61 Å². The van der Waals surface area contributed by atoms with Crippen LogP contribution in [0.4, 0.5) is 0 Å². The first kappa shape index (κ1) is 12.3. The van der Waals surface area contributed by atoms with E-state index in [0.29, 0.717) is 24.7 Å². The van der Waals surface area contributed by atoms with Crippen LogP contribution < -0.4 is 15.2 Å². The predicted molar refractivity (Wildman–Crippen MR) is 58.6 cm³/mol.